The number of rotatable bonds is 9. The second kappa shape index (κ2) is 11.0. The Labute approximate surface area is 176 Å². The lowest BCUT2D eigenvalue weighted by Gasteiger charge is -2.20. The Balaban J connectivity index is 1.49. The molecule has 0 fully saturated rings. The average molecular weight is 410 g/mol. The predicted octanol–water partition coefficient (Wildman–Crippen LogP) is 3.59. The third kappa shape index (κ3) is 6.62. The number of benzene rings is 2. The first-order chi connectivity index (χ1) is 14.7. The van der Waals surface area contributed by atoms with Gasteiger partial charge in [0.1, 0.15) is 17.7 Å². The van der Waals surface area contributed by atoms with E-state index in [4.69, 9.17) is 4.74 Å². The maximum atomic E-state index is 13.4. The molecule has 0 saturated carbocycles. The van der Waals surface area contributed by atoms with E-state index in [9.17, 15) is 4.39 Å². The number of ether oxygens (including phenoxy) is 1. The van der Waals surface area contributed by atoms with Crippen molar-refractivity contribution in [1.29, 1.82) is 0 Å². The van der Waals surface area contributed by atoms with Crippen molar-refractivity contribution in [2.75, 3.05) is 13.6 Å². The third-order valence-corrected chi connectivity index (χ3v) is 4.65. The van der Waals surface area contributed by atoms with Crippen LogP contribution in [0.2, 0.25) is 0 Å². The molecule has 2 aromatic carbocycles. The SMILES string of the molecule is CCC(CNC(=NC)NCc1cccc(Cn2ccnc2)c1)Oc1cccc(F)c1. The summed E-state index contributed by atoms with van der Waals surface area (Å²) < 4.78 is 21.3. The molecule has 3 rings (SSSR count). The number of nitrogens with zero attached hydrogens (tertiary/aromatic N) is 3. The van der Waals surface area contributed by atoms with Gasteiger partial charge in [0, 0.05) is 38.6 Å². The van der Waals surface area contributed by atoms with E-state index in [2.05, 4.69) is 44.9 Å². The Hall–Kier alpha value is -3.35. The predicted molar refractivity (Wildman–Crippen MR) is 117 cm³/mol. The number of guanidine groups is 1. The van der Waals surface area contributed by atoms with E-state index in [-0.39, 0.29) is 11.9 Å². The lowest BCUT2D eigenvalue weighted by molar-refractivity contribution is 0.199. The van der Waals surface area contributed by atoms with Crippen LogP contribution in [0.15, 0.2) is 72.2 Å². The van der Waals surface area contributed by atoms with E-state index >= 15 is 0 Å². The van der Waals surface area contributed by atoms with Crippen molar-refractivity contribution in [3.8, 4) is 5.75 Å². The second-order valence-electron chi connectivity index (χ2n) is 6.97. The van der Waals surface area contributed by atoms with Crippen LogP contribution in [0.4, 0.5) is 4.39 Å². The number of hydrogen-bond acceptors (Lipinski definition) is 3. The van der Waals surface area contributed by atoms with Gasteiger partial charge in [-0.15, -0.1) is 0 Å². The Kier molecular flexibility index (Phi) is 7.83. The molecule has 0 spiro atoms. The largest absolute Gasteiger partial charge is 0.489 e. The Morgan fingerprint density at radius 3 is 2.73 bits per heavy atom. The van der Waals surface area contributed by atoms with Gasteiger partial charge in [0.15, 0.2) is 5.96 Å². The Morgan fingerprint density at radius 2 is 2.00 bits per heavy atom. The maximum absolute atomic E-state index is 13.4. The number of nitrogens with one attached hydrogen (secondary N) is 2. The standard InChI is InChI=1S/C23H28FN5O/c1-3-21(30-22-9-5-8-20(24)13-22)15-28-23(25-2)27-14-18-6-4-7-19(12-18)16-29-11-10-26-17-29/h4-13,17,21H,3,14-16H2,1-2H3,(H2,25,27,28). The van der Waals surface area contributed by atoms with Crippen LogP contribution >= 0.6 is 0 Å². The summed E-state index contributed by atoms with van der Waals surface area (Å²) >= 11 is 0. The average Bonchev–Trinajstić information content (AvgIpc) is 3.26. The van der Waals surface area contributed by atoms with E-state index in [1.807, 2.05) is 24.0 Å². The van der Waals surface area contributed by atoms with Crippen molar-refractivity contribution in [3.63, 3.8) is 0 Å². The summed E-state index contributed by atoms with van der Waals surface area (Å²) in [5, 5.41) is 6.61. The van der Waals surface area contributed by atoms with Crippen LogP contribution in [-0.4, -0.2) is 35.2 Å². The first-order valence-corrected chi connectivity index (χ1v) is 10.1. The van der Waals surface area contributed by atoms with Crippen LogP contribution in [0.25, 0.3) is 0 Å². The number of aliphatic imine (C=N–C) groups is 1. The Morgan fingerprint density at radius 1 is 1.17 bits per heavy atom. The van der Waals surface area contributed by atoms with Gasteiger partial charge in [-0.05, 0) is 29.7 Å². The van der Waals surface area contributed by atoms with Crippen LogP contribution in [0.3, 0.4) is 0 Å². The van der Waals surface area contributed by atoms with Gasteiger partial charge in [-0.3, -0.25) is 4.99 Å². The van der Waals surface area contributed by atoms with Gasteiger partial charge < -0.3 is 19.9 Å². The molecule has 0 radical (unpaired) electrons. The Bertz CT molecular complexity index is 942. The van der Waals surface area contributed by atoms with E-state index in [1.54, 1.807) is 25.4 Å². The monoisotopic (exact) mass is 409 g/mol. The zero-order chi connectivity index (χ0) is 21.2. The molecule has 0 aliphatic rings. The highest BCUT2D eigenvalue weighted by molar-refractivity contribution is 5.79. The first kappa shape index (κ1) is 21.4. The minimum atomic E-state index is -0.303. The summed E-state index contributed by atoms with van der Waals surface area (Å²) in [5.41, 5.74) is 2.38. The number of halogens is 1. The fourth-order valence-electron chi connectivity index (χ4n) is 3.05. The van der Waals surface area contributed by atoms with Gasteiger partial charge in [0.05, 0.1) is 12.9 Å². The summed E-state index contributed by atoms with van der Waals surface area (Å²) in [7, 11) is 1.74. The molecule has 0 bridgehead atoms. The second-order valence-corrected chi connectivity index (χ2v) is 6.97. The summed E-state index contributed by atoms with van der Waals surface area (Å²) in [6.07, 6.45) is 6.24. The minimum absolute atomic E-state index is 0.0936. The highest BCUT2D eigenvalue weighted by atomic mass is 19.1. The molecule has 1 heterocycles. The minimum Gasteiger partial charge on any atom is -0.489 e. The fourth-order valence-corrected chi connectivity index (χ4v) is 3.05. The highest BCUT2D eigenvalue weighted by Crippen LogP contribution is 2.14. The zero-order valence-corrected chi connectivity index (χ0v) is 17.4. The van der Waals surface area contributed by atoms with Gasteiger partial charge in [0.25, 0.3) is 0 Å². The molecule has 6 nitrogen and oxygen atoms in total. The van der Waals surface area contributed by atoms with E-state index < -0.39 is 0 Å². The molecule has 2 N–H and O–H groups in total. The quantitative estimate of drug-likeness (QED) is 0.419. The molecule has 0 aliphatic carbocycles. The van der Waals surface area contributed by atoms with Gasteiger partial charge in [0.2, 0.25) is 0 Å². The van der Waals surface area contributed by atoms with Crippen LogP contribution in [0, 0.1) is 5.82 Å². The molecule has 1 atom stereocenters. The van der Waals surface area contributed by atoms with Crippen LogP contribution in [-0.2, 0) is 13.1 Å². The third-order valence-electron chi connectivity index (χ3n) is 4.65. The molecule has 158 valence electrons. The van der Waals surface area contributed by atoms with Crippen molar-refractivity contribution in [2.45, 2.75) is 32.5 Å². The van der Waals surface area contributed by atoms with Crippen molar-refractivity contribution in [3.05, 3.63) is 84.2 Å². The molecule has 0 amide bonds. The number of hydrogen-bond donors (Lipinski definition) is 2. The topological polar surface area (TPSA) is 63.5 Å². The normalized spacial score (nSPS) is 12.4. The van der Waals surface area contributed by atoms with Crippen molar-refractivity contribution >= 4 is 5.96 Å². The smallest absolute Gasteiger partial charge is 0.191 e. The van der Waals surface area contributed by atoms with Gasteiger partial charge >= 0.3 is 0 Å². The van der Waals surface area contributed by atoms with Crippen molar-refractivity contribution in [1.82, 2.24) is 20.2 Å². The van der Waals surface area contributed by atoms with Crippen LogP contribution in [0.5, 0.6) is 5.75 Å². The lowest BCUT2D eigenvalue weighted by Crippen LogP contribution is -2.42. The highest BCUT2D eigenvalue weighted by Gasteiger charge is 2.10. The number of aromatic nitrogens is 2. The van der Waals surface area contributed by atoms with Crippen molar-refractivity contribution < 1.29 is 9.13 Å². The molecular formula is C23H28FN5O. The van der Waals surface area contributed by atoms with Gasteiger partial charge in [-0.2, -0.15) is 0 Å². The zero-order valence-electron chi connectivity index (χ0n) is 17.4. The van der Waals surface area contributed by atoms with Gasteiger partial charge in [-0.1, -0.05) is 37.3 Å². The van der Waals surface area contributed by atoms with E-state index in [0.29, 0.717) is 24.8 Å². The van der Waals surface area contributed by atoms with Crippen LogP contribution < -0.4 is 15.4 Å². The van der Waals surface area contributed by atoms with Gasteiger partial charge in [-0.25, -0.2) is 9.37 Å². The molecule has 0 aliphatic heterocycles. The summed E-state index contributed by atoms with van der Waals surface area (Å²) in [5.74, 6) is 0.917. The van der Waals surface area contributed by atoms with E-state index in [1.165, 1.54) is 23.3 Å². The summed E-state index contributed by atoms with van der Waals surface area (Å²) in [4.78, 5) is 8.36. The molecular weight excluding hydrogens is 381 g/mol. The molecule has 3 aromatic rings. The van der Waals surface area contributed by atoms with Crippen molar-refractivity contribution in [2.24, 2.45) is 4.99 Å². The summed E-state index contributed by atoms with van der Waals surface area (Å²) in [6.45, 7) is 4.04. The maximum Gasteiger partial charge on any atom is 0.191 e. The first-order valence-electron chi connectivity index (χ1n) is 10.1. The molecule has 1 unspecified atom stereocenters. The molecule has 7 heteroatoms. The number of imidazole rings is 1. The fraction of sp³-hybridized carbons (Fsp3) is 0.304. The molecule has 0 saturated heterocycles. The molecule has 1 aromatic heterocycles. The van der Waals surface area contributed by atoms with E-state index in [0.717, 1.165) is 13.0 Å². The molecule has 30 heavy (non-hydrogen) atoms. The van der Waals surface area contributed by atoms with Crippen LogP contribution in [0.1, 0.15) is 24.5 Å². The summed E-state index contributed by atoms with van der Waals surface area (Å²) in [6, 6.07) is 14.6. The lowest BCUT2D eigenvalue weighted by atomic mass is 10.1.